The summed E-state index contributed by atoms with van der Waals surface area (Å²) in [6, 6.07) is 12.9. The van der Waals surface area contributed by atoms with Crippen LogP contribution < -0.4 is 16.4 Å². The third-order valence-electron chi connectivity index (χ3n) is 4.20. The van der Waals surface area contributed by atoms with Gasteiger partial charge in [-0.05, 0) is 42.5 Å². The first-order valence-corrected chi connectivity index (χ1v) is 9.02. The molecule has 3 aromatic rings. The van der Waals surface area contributed by atoms with Gasteiger partial charge in [-0.25, -0.2) is 9.97 Å². The van der Waals surface area contributed by atoms with Crippen LogP contribution in [0.3, 0.4) is 0 Å². The summed E-state index contributed by atoms with van der Waals surface area (Å²) in [6.07, 6.45) is 1.88. The van der Waals surface area contributed by atoms with Crippen LogP contribution in [0.25, 0.3) is 11.3 Å². The molecule has 4 N–H and O–H groups in total. The van der Waals surface area contributed by atoms with Crippen molar-refractivity contribution in [2.45, 2.75) is 6.42 Å². The van der Waals surface area contributed by atoms with Crippen LogP contribution in [0, 0.1) is 11.8 Å². The van der Waals surface area contributed by atoms with Crippen molar-refractivity contribution in [1.82, 2.24) is 9.97 Å². The van der Waals surface area contributed by atoms with Gasteiger partial charge in [-0.2, -0.15) is 0 Å². The molecule has 0 bridgehead atoms. The first kappa shape index (κ1) is 18.0. The summed E-state index contributed by atoms with van der Waals surface area (Å²) in [5.41, 5.74) is 10.0. The minimum atomic E-state index is -0.124. The van der Waals surface area contributed by atoms with Crippen molar-refractivity contribution in [3.8, 4) is 23.1 Å². The summed E-state index contributed by atoms with van der Waals surface area (Å²) in [5, 5.41) is 6.60. The number of nitrogens with one attached hydrogen (secondary N) is 2. The molecule has 7 heteroatoms. The summed E-state index contributed by atoms with van der Waals surface area (Å²) in [5.74, 6) is 6.12. The van der Waals surface area contributed by atoms with Crippen molar-refractivity contribution in [3.63, 3.8) is 0 Å². The van der Waals surface area contributed by atoms with Crippen molar-refractivity contribution in [2.24, 2.45) is 5.73 Å². The van der Waals surface area contributed by atoms with E-state index in [1.807, 2.05) is 30.3 Å². The van der Waals surface area contributed by atoms with Gasteiger partial charge in [0.15, 0.2) is 0 Å². The maximum Gasteiger partial charge on any atom is 0.228 e. The molecule has 0 aliphatic carbocycles. The number of rotatable bonds is 2. The van der Waals surface area contributed by atoms with E-state index >= 15 is 0 Å². The lowest BCUT2D eigenvalue weighted by Crippen LogP contribution is -2.12. The Balaban J connectivity index is 1.67. The lowest BCUT2D eigenvalue weighted by molar-refractivity contribution is -0.115. The second-order valence-corrected chi connectivity index (χ2v) is 6.63. The molecule has 1 aromatic heterocycles. The van der Waals surface area contributed by atoms with Gasteiger partial charge in [0.25, 0.3) is 0 Å². The fourth-order valence-electron chi connectivity index (χ4n) is 2.94. The number of nitrogens with zero attached hydrogens (tertiary/aromatic N) is 2. The second-order valence-electron chi connectivity index (χ2n) is 6.19. The van der Waals surface area contributed by atoms with Gasteiger partial charge in [-0.15, -0.1) is 0 Å². The lowest BCUT2D eigenvalue weighted by atomic mass is 10.1. The van der Waals surface area contributed by atoms with Crippen molar-refractivity contribution in [1.29, 1.82) is 0 Å². The maximum atomic E-state index is 12.2. The van der Waals surface area contributed by atoms with E-state index in [1.165, 1.54) is 0 Å². The molecule has 138 valence electrons. The highest BCUT2D eigenvalue weighted by Gasteiger charge is 2.21. The number of carbonyl (C=O) groups excluding carboxylic acids is 1. The lowest BCUT2D eigenvalue weighted by Gasteiger charge is -2.11. The Morgan fingerprint density at radius 2 is 2.04 bits per heavy atom. The summed E-state index contributed by atoms with van der Waals surface area (Å²) >= 11 is 6.07. The van der Waals surface area contributed by atoms with Crippen LogP contribution in [0.2, 0.25) is 5.02 Å². The molecule has 0 spiro atoms. The van der Waals surface area contributed by atoms with Gasteiger partial charge in [-0.1, -0.05) is 23.4 Å². The Labute approximate surface area is 167 Å². The highest BCUT2D eigenvalue weighted by atomic mass is 35.5. The zero-order chi connectivity index (χ0) is 19.5. The van der Waals surface area contributed by atoms with E-state index in [0.717, 1.165) is 22.4 Å². The van der Waals surface area contributed by atoms with Crippen LogP contribution >= 0.6 is 11.6 Å². The number of anilines is 3. The number of hydrogen-bond acceptors (Lipinski definition) is 5. The van der Waals surface area contributed by atoms with Crippen molar-refractivity contribution >= 4 is 34.8 Å². The monoisotopic (exact) mass is 389 g/mol. The highest BCUT2D eigenvalue weighted by Crippen LogP contribution is 2.34. The Bertz CT molecular complexity index is 1120. The topological polar surface area (TPSA) is 92.9 Å². The number of halogens is 1. The first-order valence-electron chi connectivity index (χ1n) is 8.64. The third-order valence-corrected chi connectivity index (χ3v) is 4.44. The van der Waals surface area contributed by atoms with Crippen LogP contribution in [0.1, 0.15) is 11.1 Å². The summed E-state index contributed by atoms with van der Waals surface area (Å²) in [7, 11) is 0. The van der Waals surface area contributed by atoms with Crippen molar-refractivity contribution in [3.05, 3.63) is 64.8 Å². The molecule has 1 aliphatic heterocycles. The fourth-order valence-corrected chi connectivity index (χ4v) is 3.11. The molecule has 1 aliphatic rings. The molecule has 0 saturated carbocycles. The van der Waals surface area contributed by atoms with Crippen LogP contribution in [0.4, 0.5) is 17.3 Å². The van der Waals surface area contributed by atoms with Crippen LogP contribution in [-0.4, -0.2) is 22.4 Å². The molecule has 0 atom stereocenters. The number of nitrogens with two attached hydrogens (primary N) is 1. The molecule has 28 heavy (non-hydrogen) atoms. The maximum absolute atomic E-state index is 12.2. The predicted octanol–water partition coefficient (Wildman–Crippen LogP) is 3.35. The molecule has 6 nitrogen and oxygen atoms in total. The van der Waals surface area contributed by atoms with Crippen molar-refractivity contribution in [2.75, 3.05) is 17.2 Å². The molecule has 0 saturated heterocycles. The number of aromatic nitrogens is 2. The van der Waals surface area contributed by atoms with E-state index in [-0.39, 0.29) is 12.3 Å². The Morgan fingerprint density at radius 3 is 2.82 bits per heavy atom. The number of benzene rings is 2. The quantitative estimate of drug-likeness (QED) is 0.584. The number of fused-ring (bicyclic) bond motifs is 3. The largest absolute Gasteiger partial charge is 0.325 e. The number of amides is 1. The number of carbonyl (C=O) groups is 1. The van der Waals surface area contributed by atoms with E-state index in [0.29, 0.717) is 28.9 Å². The van der Waals surface area contributed by atoms with E-state index < -0.39 is 0 Å². The smallest absolute Gasteiger partial charge is 0.228 e. The van der Waals surface area contributed by atoms with Gasteiger partial charge in [0.05, 0.1) is 24.3 Å². The van der Waals surface area contributed by atoms with Gasteiger partial charge in [-0.3, -0.25) is 4.79 Å². The third kappa shape index (κ3) is 3.81. The average Bonchev–Trinajstić information content (AvgIpc) is 2.82. The Hall–Kier alpha value is -3.40. The summed E-state index contributed by atoms with van der Waals surface area (Å²) < 4.78 is 0. The Kier molecular flexibility index (Phi) is 4.94. The summed E-state index contributed by atoms with van der Waals surface area (Å²) in [6.45, 7) is 0.326. The molecular weight excluding hydrogens is 374 g/mol. The molecule has 0 fully saturated rings. The van der Waals surface area contributed by atoms with Gasteiger partial charge in [0, 0.05) is 33.6 Å². The molecule has 4 rings (SSSR count). The zero-order valence-corrected chi connectivity index (χ0v) is 15.5. The highest BCUT2D eigenvalue weighted by molar-refractivity contribution is 6.31. The zero-order valence-electron chi connectivity index (χ0n) is 14.8. The van der Waals surface area contributed by atoms with E-state index in [9.17, 15) is 4.79 Å². The molecule has 2 heterocycles. The molecule has 2 aromatic carbocycles. The van der Waals surface area contributed by atoms with Gasteiger partial charge in [0.1, 0.15) is 0 Å². The first-order chi connectivity index (χ1) is 13.6. The fraction of sp³-hybridized carbons (Fsp3) is 0.0952. The minimum absolute atomic E-state index is 0.124. The molecule has 0 radical (unpaired) electrons. The van der Waals surface area contributed by atoms with Gasteiger partial charge >= 0.3 is 0 Å². The van der Waals surface area contributed by atoms with Gasteiger partial charge < -0.3 is 16.4 Å². The van der Waals surface area contributed by atoms with Crippen molar-refractivity contribution < 1.29 is 4.79 Å². The predicted molar refractivity (Wildman–Crippen MR) is 110 cm³/mol. The van der Waals surface area contributed by atoms with Crippen LogP contribution in [0.15, 0.2) is 48.7 Å². The normalized spacial score (nSPS) is 12.0. The Morgan fingerprint density at radius 1 is 1.21 bits per heavy atom. The van der Waals surface area contributed by atoms with E-state index in [2.05, 4.69) is 32.4 Å². The molecule has 1 amide bonds. The standard InChI is InChI=1S/C21H16ClN5O/c22-15-5-8-17-18(11-15)26-19(28)10-14-12-24-21(27-20(14)17)25-16-6-3-13(4-7-16)2-1-9-23/h3-8,11-12H,9-10,23H2,(H,26,28)(H,24,25,27). The number of hydrogen-bond donors (Lipinski definition) is 3. The SMILES string of the molecule is NCC#Cc1ccc(Nc2ncc3c(n2)-c2ccc(Cl)cc2NC(=O)C3)cc1. The van der Waals surface area contributed by atoms with E-state index in [4.69, 9.17) is 17.3 Å². The molecule has 0 unspecified atom stereocenters. The molecular formula is C21H16ClN5O. The van der Waals surface area contributed by atoms with E-state index in [1.54, 1.807) is 18.3 Å². The van der Waals surface area contributed by atoms with Crippen LogP contribution in [-0.2, 0) is 11.2 Å². The second kappa shape index (κ2) is 7.69. The minimum Gasteiger partial charge on any atom is -0.325 e. The van der Waals surface area contributed by atoms with Gasteiger partial charge in [0.2, 0.25) is 11.9 Å². The van der Waals surface area contributed by atoms with Crippen LogP contribution in [0.5, 0.6) is 0 Å². The summed E-state index contributed by atoms with van der Waals surface area (Å²) in [4.78, 5) is 21.2. The average molecular weight is 390 g/mol.